The van der Waals surface area contributed by atoms with Crippen LogP contribution in [0.3, 0.4) is 0 Å². The zero-order chi connectivity index (χ0) is 14.7. The lowest BCUT2D eigenvalue weighted by Gasteiger charge is -2.18. The van der Waals surface area contributed by atoms with Crippen LogP contribution >= 0.6 is 27.7 Å². The monoisotopic (exact) mass is 359 g/mol. The van der Waals surface area contributed by atoms with Gasteiger partial charge in [0, 0.05) is 21.9 Å². The second-order valence-corrected chi connectivity index (χ2v) is 6.08. The highest BCUT2D eigenvalue weighted by molar-refractivity contribution is 9.10. The van der Waals surface area contributed by atoms with Gasteiger partial charge >= 0.3 is 5.97 Å². The fourth-order valence-corrected chi connectivity index (χ4v) is 3.30. The molecule has 1 fully saturated rings. The topological polar surface area (TPSA) is 57.6 Å². The van der Waals surface area contributed by atoms with Crippen molar-refractivity contribution < 1.29 is 19.1 Å². The van der Waals surface area contributed by atoms with E-state index in [0.29, 0.717) is 16.1 Å². The Hall–Kier alpha value is -1.34. The molecule has 1 amide bonds. The van der Waals surface area contributed by atoms with Crippen LogP contribution in [0.4, 0.5) is 4.39 Å². The molecule has 1 aromatic rings. The van der Waals surface area contributed by atoms with Gasteiger partial charge < -0.3 is 10.0 Å². The van der Waals surface area contributed by atoms with Crippen LogP contribution in [0.1, 0.15) is 5.56 Å². The number of rotatable bonds is 3. The maximum atomic E-state index is 13.5. The third kappa shape index (κ3) is 3.40. The van der Waals surface area contributed by atoms with Gasteiger partial charge in [-0.05, 0) is 24.3 Å². The first kappa shape index (κ1) is 15.1. The van der Waals surface area contributed by atoms with E-state index in [-0.39, 0.29) is 5.56 Å². The number of aliphatic carboxylic acids is 1. The number of carbonyl (C=O) groups excluding carboxylic acids is 1. The van der Waals surface area contributed by atoms with Gasteiger partial charge in [-0.2, -0.15) is 0 Å². The SMILES string of the molecule is O=C(O)[C@@H]1CSCN1C(=O)/C=C/c1cc(Br)ccc1F. The average molecular weight is 360 g/mol. The number of nitrogens with zero attached hydrogens (tertiary/aromatic N) is 1. The number of hydrogen-bond acceptors (Lipinski definition) is 3. The molecular formula is C13H11BrFNO3S. The van der Waals surface area contributed by atoms with Crippen LogP contribution in [-0.2, 0) is 9.59 Å². The number of thioether (sulfide) groups is 1. The van der Waals surface area contributed by atoms with Crippen LogP contribution in [0.15, 0.2) is 28.7 Å². The summed E-state index contributed by atoms with van der Waals surface area (Å²) in [7, 11) is 0. The molecule has 0 bridgehead atoms. The van der Waals surface area contributed by atoms with Crippen molar-refractivity contribution in [2.75, 3.05) is 11.6 Å². The number of carboxylic acid groups (broad SMARTS) is 1. The van der Waals surface area contributed by atoms with Gasteiger partial charge in [-0.3, -0.25) is 4.79 Å². The van der Waals surface area contributed by atoms with E-state index in [9.17, 15) is 14.0 Å². The fourth-order valence-electron chi connectivity index (χ4n) is 1.76. The second-order valence-electron chi connectivity index (χ2n) is 4.16. The molecule has 0 saturated carbocycles. The van der Waals surface area contributed by atoms with Crippen LogP contribution in [0.25, 0.3) is 6.08 Å². The van der Waals surface area contributed by atoms with Crippen molar-refractivity contribution in [3.8, 4) is 0 Å². The van der Waals surface area contributed by atoms with Crippen molar-refractivity contribution >= 4 is 45.6 Å². The van der Waals surface area contributed by atoms with E-state index in [1.165, 1.54) is 34.9 Å². The quantitative estimate of drug-likeness (QED) is 0.842. The maximum absolute atomic E-state index is 13.5. The Balaban J connectivity index is 2.13. The Labute approximate surface area is 127 Å². The highest BCUT2D eigenvalue weighted by atomic mass is 79.9. The molecule has 1 atom stereocenters. The lowest BCUT2D eigenvalue weighted by Crippen LogP contribution is -2.40. The summed E-state index contributed by atoms with van der Waals surface area (Å²) in [4.78, 5) is 24.2. The van der Waals surface area contributed by atoms with Crippen LogP contribution in [0, 0.1) is 5.82 Å². The van der Waals surface area contributed by atoms with Gasteiger partial charge in [0.15, 0.2) is 0 Å². The van der Waals surface area contributed by atoms with Crippen LogP contribution in [0.2, 0.25) is 0 Å². The molecule has 1 aromatic carbocycles. The summed E-state index contributed by atoms with van der Waals surface area (Å²) in [6.07, 6.45) is 2.55. The molecule has 0 unspecified atom stereocenters. The van der Waals surface area contributed by atoms with E-state index in [4.69, 9.17) is 5.11 Å². The fraction of sp³-hybridized carbons (Fsp3) is 0.231. The summed E-state index contributed by atoms with van der Waals surface area (Å²) >= 11 is 4.60. The van der Waals surface area contributed by atoms with Crippen LogP contribution in [0.5, 0.6) is 0 Å². The van der Waals surface area contributed by atoms with E-state index in [1.54, 1.807) is 12.1 Å². The van der Waals surface area contributed by atoms with E-state index in [0.717, 1.165) is 0 Å². The number of hydrogen-bond donors (Lipinski definition) is 1. The predicted molar refractivity (Wildman–Crippen MR) is 78.7 cm³/mol. The summed E-state index contributed by atoms with van der Waals surface area (Å²) in [6.45, 7) is 0. The number of carbonyl (C=O) groups is 2. The van der Waals surface area contributed by atoms with Crippen molar-refractivity contribution in [1.82, 2.24) is 4.90 Å². The standard InChI is InChI=1S/C13H11BrFNO3S/c14-9-2-3-10(15)8(5-9)1-4-12(17)16-7-20-6-11(16)13(18)19/h1-5,11H,6-7H2,(H,18,19)/b4-1+/t11-/m0/s1. The zero-order valence-electron chi connectivity index (χ0n) is 10.3. The number of halogens is 2. The van der Waals surface area contributed by atoms with Gasteiger partial charge in [-0.15, -0.1) is 11.8 Å². The van der Waals surface area contributed by atoms with E-state index < -0.39 is 23.7 Å². The van der Waals surface area contributed by atoms with Crippen molar-refractivity contribution in [1.29, 1.82) is 0 Å². The molecule has 4 nitrogen and oxygen atoms in total. The van der Waals surface area contributed by atoms with Gasteiger partial charge in [0.25, 0.3) is 0 Å². The minimum absolute atomic E-state index is 0.270. The number of carboxylic acids is 1. The third-order valence-corrected chi connectivity index (χ3v) is 4.32. The first-order valence-corrected chi connectivity index (χ1v) is 7.68. The highest BCUT2D eigenvalue weighted by Crippen LogP contribution is 2.22. The van der Waals surface area contributed by atoms with E-state index >= 15 is 0 Å². The maximum Gasteiger partial charge on any atom is 0.327 e. The smallest absolute Gasteiger partial charge is 0.327 e. The summed E-state index contributed by atoms with van der Waals surface area (Å²) in [6, 6.07) is 3.59. The molecule has 1 heterocycles. The Morgan fingerprint density at radius 1 is 1.50 bits per heavy atom. The Kier molecular flexibility index (Phi) is 4.82. The van der Waals surface area contributed by atoms with Crippen molar-refractivity contribution in [2.45, 2.75) is 6.04 Å². The minimum Gasteiger partial charge on any atom is -0.480 e. The van der Waals surface area contributed by atoms with E-state index in [2.05, 4.69) is 15.9 Å². The molecule has 1 aliphatic heterocycles. The minimum atomic E-state index is -1.02. The Bertz CT molecular complexity index is 579. The normalized spacial score (nSPS) is 18.7. The Morgan fingerprint density at radius 3 is 2.95 bits per heavy atom. The molecule has 0 aliphatic carbocycles. The second kappa shape index (κ2) is 6.41. The lowest BCUT2D eigenvalue weighted by molar-refractivity contribution is -0.146. The molecule has 7 heteroatoms. The molecule has 106 valence electrons. The summed E-state index contributed by atoms with van der Waals surface area (Å²) < 4.78 is 14.2. The lowest BCUT2D eigenvalue weighted by atomic mass is 10.2. The van der Waals surface area contributed by atoms with Gasteiger partial charge in [0.2, 0.25) is 5.91 Å². The first-order valence-electron chi connectivity index (χ1n) is 5.73. The Morgan fingerprint density at radius 2 is 2.25 bits per heavy atom. The largest absolute Gasteiger partial charge is 0.480 e. The van der Waals surface area contributed by atoms with Crippen molar-refractivity contribution in [2.24, 2.45) is 0 Å². The molecular weight excluding hydrogens is 349 g/mol. The number of benzene rings is 1. The van der Waals surface area contributed by atoms with E-state index in [1.807, 2.05) is 0 Å². The number of amides is 1. The molecule has 1 N–H and O–H groups in total. The zero-order valence-corrected chi connectivity index (χ0v) is 12.7. The van der Waals surface area contributed by atoms with Crippen molar-refractivity contribution in [3.05, 3.63) is 40.1 Å². The van der Waals surface area contributed by atoms with Crippen LogP contribution in [-0.4, -0.2) is 39.6 Å². The van der Waals surface area contributed by atoms with Crippen LogP contribution < -0.4 is 0 Å². The summed E-state index contributed by atoms with van der Waals surface area (Å²) in [5, 5.41) is 9.00. The average Bonchev–Trinajstić information content (AvgIpc) is 2.89. The van der Waals surface area contributed by atoms with Gasteiger partial charge in [-0.25, -0.2) is 9.18 Å². The predicted octanol–water partition coefficient (Wildman–Crippen LogP) is 2.59. The van der Waals surface area contributed by atoms with Gasteiger partial charge in [-0.1, -0.05) is 15.9 Å². The molecule has 20 heavy (non-hydrogen) atoms. The molecule has 1 saturated heterocycles. The molecule has 2 rings (SSSR count). The first-order chi connectivity index (χ1) is 9.49. The van der Waals surface area contributed by atoms with Gasteiger partial charge in [0.05, 0.1) is 5.88 Å². The molecule has 0 radical (unpaired) electrons. The summed E-state index contributed by atoms with van der Waals surface area (Å²) in [5.41, 5.74) is 0.270. The third-order valence-electron chi connectivity index (χ3n) is 2.81. The summed E-state index contributed by atoms with van der Waals surface area (Å²) in [5.74, 6) is -1.18. The highest BCUT2D eigenvalue weighted by Gasteiger charge is 2.33. The van der Waals surface area contributed by atoms with Gasteiger partial charge in [0.1, 0.15) is 11.9 Å². The molecule has 0 aromatic heterocycles. The van der Waals surface area contributed by atoms with Crippen molar-refractivity contribution in [3.63, 3.8) is 0 Å². The molecule has 1 aliphatic rings. The molecule has 0 spiro atoms.